The fourth-order valence-corrected chi connectivity index (χ4v) is 2.16. The van der Waals surface area contributed by atoms with Gasteiger partial charge in [-0.2, -0.15) is 5.10 Å². The minimum Gasteiger partial charge on any atom is -0.478 e. The van der Waals surface area contributed by atoms with Gasteiger partial charge < -0.3 is 5.11 Å². The molecule has 0 aliphatic carbocycles. The molecule has 21 heavy (non-hydrogen) atoms. The number of halogens is 1. The standard InChI is InChI=1S/C13H12FN3O4/c1-7-12(13(18)19)8(2)16(15-7)6-9-3-10(14)5-11(4-9)17(20)21/h3-5H,6H2,1-2H3,(H,18,19). The smallest absolute Gasteiger partial charge is 0.339 e. The molecule has 110 valence electrons. The molecule has 0 saturated carbocycles. The van der Waals surface area contributed by atoms with Crippen molar-refractivity contribution in [3.8, 4) is 0 Å². The van der Waals surface area contributed by atoms with Crippen molar-refractivity contribution in [3.63, 3.8) is 0 Å². The van der Waals surface area contributed by atoms with Crippen LogP contribution in [0.4, 0.5) is 10.1 Å². The van der Waals surface area contributed by atoms with Gasteiger partial charge in [-0.1, -0.05) is 0 Å². The molecule has 1 aromatic heterocycles. The summed E-state index contributed by atoms with van der Waals surface area (Å²) in [6, 6.07) is 3.22. The summed E-state index contributed by atoms with van der Waals surface area (Å²) < 4.78 is 14.8. The first-order valence-electron chi connectivity index (χ1n) is 6.00. The number of rotatable bonds is 4. The zero-order valence-electron chi connectivity index (χ0n) is 11.3. The highest BCUT2D eigenvalue weighted by Gasteiger charge is 2.18. The second kappa shape index (κ2) is 5.31. The summed E-state index contributed by atoms with van der Waals surface area (Å²) in [5, 5.41) is 23.9. The maximum atomic E-state index is 13.4. The lowest BCUT2D eigenvalue weighted by Crippen LogP contribution is -2.06. The Labute approximate surface area is 118 Å². The molecule has 2 rings (SSSR count). The molecule has 0 aliphatic rings. The summed E-state index contributed by atoms with van der Waals surface area (Å²) in [6.45, 7) is 3.19. The number of hydrogen-bond acceptors (Lipinski definition) is 4. The first-order chi connectivity index (χ1) is 9.79. The van der Waals surface area contributed by atoms with Crippen molar-refractivity contribution in [1.82, 2.24) is 9.78 Å². The van der Waals surface area contributed by atoms with Crippen LogP contribution >= 0.6 is 0 Å². The number of carbonyl (C=O) groups is 1. The van der Waals surface area contributed by atoms with E-state index in [2.05, 4.69) is 5.10 Å². The van der Waals surface area contributed by atoms with Gasteiger partial charge in [0.2, 0.25) is 0 Å². The lowest BCUT2D eigenvalue weighted by Gasteiger charge is -2.05. The van der Waals surface area contributed by atoms with Crippen LogP contribution in [0.2, 0.25) is 0 Å². The van der Waals surface area contributed by atoms with E-state index in [4.69, 9.17) is 5.11 Å². The van der Waals surface area contributed by atoms with E-state index < -0.39 is 16.7 Å². The van der Waals surface area contributed by atoms with E-state index in [0.29, 0.717) is 17.0 Å². The predicted octanol–water partition coefficient (Wildman–Crippen LogP) is 2.29. The van der Waals surface area contributed by atoms with E-state index >= 15 is 0 Å². The van der Waals surface area contributed by atoms with Crippen molar-refractivity contribution in [2.24, 2.45) is 0 Å². The normalized spacial score (nSPS) is 10.6. The fourth-order valence-electron chi connectivity index (χ4n) is 2.16. The van der Waals surface area contributed by atoms with Crippen LogP contribution in [0.25, 0.3) is 0 Å². The summed E-state index contributed by atoms with van der Waals surface area (Å²) in [7, 11) is 0. The Balaban J connectivity index is 2.41. The van der Waals surface area contributed by atoms with Crippen LogP contribution in [-0.4, -0.2) is 25.8 Å². The van der Waals surface area contributed by atoms with Gasteiger partial charge in [0.05, 0.1) is 28.9 Å². The van der Waals surface area contributed by atoms with Crippen molar-refractivity contribution in [2.45, 2.75) is 20.4 Å². The Morgan fingerprint density at radius 2 is 2.10 bits per heavy atom. The third-order valence-electron chi connectivity index (χ3n) is 3.08. The molecule has 0 amide bonds. The maximum absolute atomic E-state index is 13.4. The van der Waals surface area contributed by atoms with Gasteiger partial charge in [-0.15, -0.1) is 0 Å². The van der Waals surface area contributed by atoms with E-state index in [1.165, 1.54) is 10.7 Å². The Kier molecular flexibility index (Phi) is 3.70. The van der Waals surface area contributed by atoms with Gasteiger partial charge in [0.15, 0.2) is 0 Å². The number of non-ortho nitro benzene ring substituents is 1. The number of nitro benzene ring substituents is 1. The third kappa shape index (κ3) is 2.88. The van der Waals surface area contributed by atoms with E-state index in [0.717, 1.165) is 12.1 Å². The lowest BCUT2D eigenvalue weighted by atomic mass is 10.2. The number of hydrogen-bond donors (Lipinski definition) is 1. The average molecular weight is 293 g/mol. The molecule has 0 saturated heterocycles. The third-order valence-corrected chi connectivity index (χ3v) is 3.08. The Hall–Kier alpha value is -2.77. The van der Waals surface area contributed by atoms with Gasteiger partial charge in [-0.3, -0.25) is 14.8 Å². The lowest BCUT2D eigenvalue weighted by molar-refractivity contribution is -0.385. The monoisotopic (exact) mass is 293 g/mol. The zero-order valence-corrected chi connectivity index (χ0v) is 11.3. The number of carboxylic acid groups (broad SMARTS) is 1. The second-order valence-electron chi connectivity index (χ2n) is 4.58. The summed E-state index contributed by atoms with van der Waals surface area (Å²) in [5.74, 6) is -1.82. The Morgan fingerprint density at radius 3 is 2.62 bits per heavy atom. The maximum Gasteiger partial charge on any atom is 0.339 e. The molecule has 0 radical (unpaired) electrons. The molecule has 8 heteroatoms. The molecule has 0 spiro atoms. The zero-order chi connectivity index (χ0) is 15.7. The number of aryl methyl sites for hydroxylation is 1. The molecule has 0 unspecified atom stereocenters. The van der Waals surface area contributed by atoms with Crippen LogP contribution in [0.5, 0.6) is 0 Å². The molecule has 0 aliphatic heterocycles. The first-order valence-corrected chi connectivity index (χ1v) is 6.00. The molecule has 0 atom stereocenters. The summed E-state index contributed by atoms with van der Waals surface area (Å²) in [4.78, 5) is 21.1. The van der Waals surface area contributed by atoms with Crippen LogP contribution in [-0.2, 0) is 6.54 Å². The van der Waals surface area contributed by atoms with Gasteiger partial charge in [0, 0.05) is 6.07 Å². The van der Waals surface area contributed by atoms with Gasteiger partial charge in [-0.05, 0) is 25.5 Å². The number of aromatic nitrogens is 2. The minimum atomic E-state index is -1.10. The van der Waals surface area contributed by atoms with Crippen molar-refractivity contribution < 1.29 is 19.2 Å². The second-order valence-corrected chi connectivity index (χ2v) is 4.58. The number of carboxylic acids is 1. The summed E-state index contributed by atoms with van der Waals surface area (Å²) >= 11 is 0. The summed E-state index contributed by atoms with van der Waals surface area (Å²) in [5.41, 5.74) is 0.813. The predicted molar refractivity (Wildman–Crippen MR) is 70.8 cm³/mol. The topological polar surface area (TPSA) is 98.3 Å². The Bertz CT molecular complexity index is 739. The average Bonchev–Trinajstić information content (AvgIpc) is 2.63. The quantitative estimate of drug-likeness (QED) is 0.688. The van der Waals surface area contributed by atoms with Gasteiger partial charge in [0.1, 0.15) is 11.4 Å². The molecule has 0 fully saturated rings. The Morgan fingerprint density at radius 1 is 1.43 bits per heavy atom. The van der Waals surface area contributed by atoms with Crippen LogP contribution in [0, 0.1) is 29.8 Å². The summed E-state index contributed by atoms with van der Waals surface area (Å²) in [6.07, 6.45) is 0. The van der Waals surface area contributed by atoms with Gasteiger partial charge >= 0.3 is 5.97 Å². The highest BCUT2D eigenvalue weighted by Crippen LogP contribution is 2.19. The molecule has 1 N–H and O–H groups in total. The van der Waals surface area contributed by atoms with E-state index in [1.54, 1.807) is 13.8 Å². The van der Waals surface area contributed by atoms with E-state index in [-0.39, 0.29) is 17.8 Å². The van der Waals surface area contributed by atoms with Gasteiger partial charge in [-0.25, -0.2) is 9.18 Å². The van der Waals surface area contributed by atoms with Crippen LogP contribution in [0.3, 0.4) is 0 Å². The first kappa shape index (κ1) is 14.6. The molecule has 7 nitrogen and oxygen atoms in total. The van der Waals surface area contributed by atoms with Crippen molar-refractivity contribution in [2.75, 3.05) is 0 Å². The van der Waals surface area contributed by atoms with Crippen LogP contribution in [0.15, 0.2) is 18.2 Å². The highest BCUT2D eigenvalue weighted by atomic mass is 19.1. The molecule has 0 bridgehead atoms. The number of benzene rings is 1. The van der Waals surface area contributed by atoms with Crippen LogP contribution in [0.1, 0.15) is 27.3 Å². The van der Waals surface area contributed by atoms with E-state index in [1.807, 2.05) is 0 Å². The molecular weight excluding hydrogens is 281 g/mol. The minimum absolute atomic E-state index is 0.0541. The number of nitrogens with zero attached hydrogens (tertiary/aromatic N) is 3. The van der Waals surface area contributed by atoms with Crippen molar-refractivity contribution in [1.29, 1.82) is 0 Å². The van der Waals surface area contributed by atoms with Crippen molar-refractivity contribution >= 4 is 11.7 Å². The van der Waals surface area contributed by atoms with E-state index in [9.17, 15) is 19.3 Å². The number of nitro groups is 1. The molecule has 1 heterocycles. The fraction of sp³-hybridized carbons (Fsp3) is 0.231. The largest absolute Gasteiger partial charge is 0.478 e. The number of aromatic carboxylic acids is 1. The molecule has 2 aromatic rings. The molecular formula is C13H12FN3O4. The van der Waals surface area contributed by atoms with Crippen molar-refractivity contribution in [3.05, 3.63) is 56.6 Å². The van der Waals surface area contributed by atoms with Gasteiger partial charge in [0.25, 0.3) is 5.69 Å². The highest BCUT2D eigenvalue weighted by molar-refractivity contribution is 5.90. The van der Waals surface area contributed by atoms with Crippen LogP contribution < -0.4 is 0 Å². The molecule has 1 aromatic carbocycles. The SMILES string of the molecule is Cc1nn(Cc2cc(F)cc([N+](=O)[O-])c2)c(C)c1C(=O)O.